The molecule has 0 spiro atoms. The second kappa shape index (κ2) is 9.75. The lowest BCUT2D eigenvalue weighted by Crippen LogP contribution is -2.49. The van der Waals surface area contributed by atoms with Gasteiger partial charge < -0.3 is 9.72 Å². The number of aromatic amines is 1. The van der Waals surface area contributed by atoms with E-state index in [9.17, 15) is 4.39 Å². The minimum Gasteiger partial charge on any atom is -0.492 e. The Morgan fingerprint density at radius 2 is 1.75 bits per heavy atom. The first-order valence-corrected chi connectivity index (χ1v) is 12.9. The fraction of sp³-hybridized carbons (Fsp3) is 0.517. The van der Waals surface area contributed by atoms with Gasteiger partial charge in [-0.3, -0.25) is 14.2 Å². The molecule has 3 aromatic rings. The molecule has 0 amide bonds. The number of aromatic nitrogens is 1. The van der Waals surface area contributed by atoms with Gasteiger partial charge in [0.25, 0.3) is 0 Å². The maximum atomic E-state index is 15.8. The zero-order chi connectivity index (χ0) is 25.6. The molecule has 7 heteroatoms. The number of alkyl halides is 1. The van der Waals surface area contributed by atoms with Gasteiger partial charge in [0.15, 0.2) is 0 Å². The van der Waals surface area contributed by atoms with Gasteiger partial charge in [0, 0.05) is 84.4 Å². The first-order valence-electron chi connectivity index (χ1n) is 12.9. The quantitative estimate of drug-likeness (QED) is 0.426. The van der Waals surface area contributed by atoms with E-state index in [1.54, 1.807) is 0 Å². The summed E-state index contributed by atoms with van der Waals surface area (Å²) in [5.74, 6) is -0.912. The minimum atomic E-state index is -0.597. The molecule has 0 radical (unpaired) electrons. The van der Waals surface area contributed by atoms with Gasteiger partial charge in [-0.15, -0.1) is 0 Å². The summed E-state index contributed by atoms with van der Waals surface area (Å²) in [4.78, 5) is 7.84. The minimum absolute atomic E-state index is 0.0514. The molecule has 1 N–H and O–H groups in total. The summed E-state index contributed by atoms with van der Waals surface area (Å²) in [6.45, 7) is 11.3. The molecule has 2 aliphatic rings. The highest BCUT2D eigenvalue weighted by molar-refractivity contribution is 5.86. The van der Waals surface area contributed by atoms with E-state index in [0.717, 1.165) is 28.6 Å². The number of hydrogen-bond acceptors (Lipinski definition) is 3. The molecule has 4 nitrogen and oxygen atoms in total. The van der Waals surface area contributed by atoms with Crippen LogP contribution in [0.4, 0.5) is 13.2 Å². The molecule has 0 saturated carbocycles. The SMILES string of the molecule is C[C@@H]1Cc2[nH]c3ccccc3c2[C@@H](c2c(F)cc(OCCN3CC(CF)C3)cc2F)N1CC(C)(C)C. The third-order valence-corrected chi connectivity index (χ3v) is 7.41. The highest BCUT2D eigenvalue weighted by Gasteiger charge is 2.40. The smallest absolute Gasteiger partial charge is 0.134 e. The van der Waals surface area contributed by atoms with Gasteiger partial charge in [-0.25, -0.2) is 8.78 Å². The second-order valence-electron chi connectivity index (χ2n) is 11.7. The molecule has 1 fully saturated rings. The van der Waals surface area contributed by atoms with Crippen molar-refractivity contribution >= 4 is 10.9 Å². The lowest BCUT2D eigenvalue weighted by molar-refractivity contribution is 0.0667. The number of nitrogens with one attached hydrogen (secondary N) is 1. The Labute approximate surface area is 211 Å². The Morgan fingerprint density at radius 3 is 2.42 bits per heavy atom. The second-order valence-corrected chi connectivity index (χ2v) is 11.7. The van der Waals surface area contributed by atoms with Crippen LogP contribution in [0.2, 0.25) is 0 Å². The lowest BCUT2D eigenvalue weighted by Gasteiger charge is -2.44. The van der Waals surface area contributed by atoms with Gasteiger partial charge in [0.05, 0.1) is 12.7 Å². The normalized spacial score (nSPS) is 21.5. The van der Waals surface area contributed by atoms with Crippen molar-refractivity contribution in [1.29, 1.82) is 0 Å². The summed E-state index contributed by atoms with van der Waals surface area (Å²) < 4.78 is 49.9. The molecule has 0 unspecified atom stereocenters. The third kappa shape index (κ3) is 4.88. The number of hydrogen-bond donors (Lipinski definition) is 1. The molecule has 3 heterocycles. The molecule has 1 aromatic heterocycles. The first kappa shape index (κ1) is 25.2. The van der Waals surface area contributed by atoms with Gasteiger partial charge in [-0.05, 0) is 18.4 Å². The van der Waals surface area contributed by atoms with Crippen LogP contribution >= 0.6 is 0 Å². The number of rotatable bonds is 7. The summed E-state index contributed by atoms with van der Waals surface area (Å²) >= 11 is 0. The van der Waals surface area contributed by atoms with Crippen LogP contribution in [-0.2, 0) is 6.42 Å². The highest BCUT2D eigenvalue weighted by atomic mass is 19.1. The van der Waals surface area contributed by atoms with Crippen molar-refractivity contribution < 1.29 is 17.9 Å². The number of para-hydroxylation sites is 1. The fourth-order valence-corrected chi connectivity index (χ4v) is 5.79. The summed E-state index contributed by atoms with van der Waals surface area (Å²) in [5, 5.41) is 1.00. The van der Waals surface area contributed by atoms with Gasteiger partial charge in [0.1, 0.15) is 24.0 Å². The zero-order valence-corrected chi connectivity index (χ0v) is 21.6. The number of likely N-dealkylation sites (tertiary alicyclic amines) is 1. The molecular weight excluding hydrogens is 463 g/mol. The van der Waals surface area contributed by atoms with Gasteiger partial charge in [-0.1, -0.05) is 39.0 Å². The van der Waals surface area contributed by atoms with Crippen LogP contribution < -0.4 is 4.74 Å². The van der Waals surface area contributed by atoms with E-state index in [4.69, 9.17) is 4.74 Å². The molecule has 0 bridgehead atoms. The van der Waals surface area contributed by atoms with E-state index in [1.807, 2.05) is 24.3 Å². The molecule has 2 atom stereocenters. The van der Waals surface area contributed by atoms with Gasteiger partial charge in [0.2, 0.25) is 0 Å². The van der Waals surface area contributed by atoms with Crippen LogP contribution in [0.3, 0.4) is 0 Å². The van der Waals surface area contributed by atoms with Crippen LogP contribution in [0.1, 0.15) is 50.6 Å². The van der Waals surface area contributed by atoms with Crippen LogP contribution in [0.25, 0.3) is 10.9 Å². The third-order valence-electron chi connectivity index (χ3n) is 7.41. The Balaban J connectivity index is 1.48. The van der Waals surface area contributed by atoms with E-state index in [-0.39, 0.29) is 35.4 Å². The number of nitrogens with zero attached hydrogens (tertiary/aromatic N) is 2. The van der Waals surface area contributed by atoms with Crippen molar-refractivity contribution in [1.82, 2.24) is 14.8 Å². The molecular formula is C29H36F3N3O. The van der Waals surface area contributed by atoms with Crippen molar-refractivity contribution in [2.75, 3.05) is 39.5 Å². The van der Waals surface area contributed by atoms with E-state index in [1.165, 1.54) is 12.1 Å². The predicted molar refractivity (Wildman–Crippen MR) is 137 cm³/mol. The van der Waals surface area contributed by atoms with Crippen LogP contribution in [0, 0.1) is 23.0 Å². The maximum Gasteiger partial charge on any atom is 0.134 e. The number of halogens is 3. The first-order chi connectivity index (χ1) is 17.1. The molecule has 194 valence electrons. The van der Waals surface area contributed by atoms with E-state index >= 15 is 8.78 Å². The predicted octanol–water partition coefficient (Wildman–Crippen LogP) is 6.11. The van der Waals surface area contributed by atoms with Crippen LogP contribution in [0.15, 0.2) is 36.4 Å². The highest BCUT2D eigenvalue weighted by Crippen LogP contribution is 2.45. The summed E-state index contributed by atoms with van der Waals surface area (Å²) in [5.41, 5.74) is 3.00. The monoisotopic (exact) mass is 499 g/mol. The van der Waals surface area contributed by atoms with Crippen molar-refractivity contribution in [2.24, 2.45) is 11.3 Å². The summed E-state index contributed by atoms with van der Waals surface area (Å²) in [6.07, 6.45) is 0.792. The summed E-state index contributed by atoms with van der Waals surface area (Å²) in [6, 6.07) is 10.2. The van der Waals surface area contributed by atoms with Crippen LogP contribution in [-0.4, -0.2) is 60.3 Å². The number of H-pyrrole nitrogens is 1. The van der Waals surface area contributed by atoms with Gasteiger partial charge in [-0.2, -0.15) is 0 Å². The number of fused-ring (bicyclic) bond motifs is 3. The molecule has 36 heavy (non-hydrogen) atoms. The standard InChI is InChI=1S/C29H36F3N3O/c1-18-11-25-26(21-7-5-6-8-24(21)33-25)28(35(18)17-29(2,3)4)27-22(31)12-20(13-23(27)32)36-10-9-34-15-19(14-30)16-34/h5-8,12-13,18-19,28,33H,9-11,14-17H2,1-4H3/t18-,28+/m1/s1. The molecule has 5 rings (SSSR count). The average Bonchev–Trinajstić information content (AvgIpc) is 3.13. The van der Waals surface area contributed by atoms with Crippen molar-refractivity contribution in [3.05, 3.63) is 64.9 Å². The van der Waals surface area contributed by atoms with Crippen LogP contribution in [0.5, 0.6) is 5.75 Å². The molecule has 0 aliphatic carbocycles. The topological polar surface area (TPSA) is 31.5 Å². The Kier molecular flexibility index (Phi) is 6.81. The van der Waals surface area contributed by atoms with E-state index in [2.05, 4.69) is 42.5 Å². The van der Waals surface area contributed by atoms with Crippen molar-refractivity contribution in [3.8, 4) is 5.75 Å². The van der Waals surface area contributed by atoms with E-state index in [0.29, 0.717) is 32.8 Å². The maximum absolute atomic E-state index is 15.8. The Hall–Kier alpha value is -2.51. The fourth-order valence-electron chi connectivity index (χ4n) is 5.79. The number of ether oxygens (including phenoxy) is 1. The van der Waals surface area contributed by atoms with Crippen molar-refractivity contribution in [2.45, 2.75) is 46.2 Å². The Morgan fingerprint density at radius 1 is 1.06 bits per heavy atom. The number of benzene rings is 2. The molecule has 2 aromatic carbocycles. The van der Waals surface area contributed by atoms with Gasteiger partial charge >= 0.3 is 0 Å². The lowest BCUT2D eigenvalue weighted by atomic mass is 9.84. The molecule has 1 saturated heterocycles. The zero-order valence-electron chi connectivity index (χ0n) is 21.6. The summed E-state index contributed by atoms with van der Waals surface area (Å²) in [7, 11) is 0. The largest absolute Gasteiger partial charge is 0.492 e. The average molecular weight is 500 g/mol. The molecule has 2 aliphatic heterocycles. The Bertz CT molecular complexity index is 1210. The van der Waals surface area contributed by atoms with E-state index < -0.39 is 17.7 Å². The van der Waals surface area contributed by atoms with Crippen molar-refractivity contribution in [3.63, 3.8) is 0 Å².